The molecule has 1 heterocycles. The van der Waals surface area contributed by atoms with Gasteiger partial charge < -0.3 is 5.11 Å². The van der Waals surface area contributed by atoms with Crippen LogP contribution in [0.25, 0.3) is 10.8 Å². The van der Waals surface area contributed by atoms with Crippen molar-refractivity contribution in [1.29, 1.82) is 0 Å². The van der Waals surface area contributed by atoms with Crippen LogP contribution in [0.2, 0.25) is 0 Å². The van der Waals surface area contributed by atoms with Crippen LogP contribution in [0.3, 0.4) is 0 Å². The molecule has 0 bridgehead atoms. The third-order valence-corrected chi connectivity index (χ3v) is 4.23. The van der Waals surface area contributed by atoms with E-state index in [4.69, 9.17) is 0 Å². The van der Waals surface area contributed by atoms with Gasteiger partial charge in [0.05, 0.1) is 5.39 Å². The number of carbonyl (C=O) groups excluding carboxylic acids is 2. The van der Waals surface area contributed by atoms with Crippen molar-refractivity contribution in [2.45, 2.75) is 26.3 Å². The van der Waals surface area contributed by atoms with Crippen LogP contribution in [-0.4, -0.2) is 26.7 Å². The first-order chi connectivity index (χ1) is 13.5. The van der Waals surface area contributed by atoms with Crippen molar-refractivity contribution >= 4 is 22.6 Å². The molecule has 2 aromatic carbocycles. The molecular formula is C20H20N4O4. The van der Waals surface area contributed by atoms with E-state index in [0.717, 1.165) is 12.8 Å². The highest BCUT2D eigenvalue weighted by molar-refractivity contribution is 6.06. The molecule has 8 heteroatoms. The minimum atomic E-state index is -0.631. The molecular weight excluding hydrogens is 360 g/mol. The molecule has 3 N–H and O–H groups in total. The van der Waals surface area contributed by atoms with Gasteiger partial charge in [-0.25, -0.2) is 4.68 Å². The Morgan fingerprint density at radius 1 is 1.00 bits per heavy atom. The van der Waals surface area contributed by atoms with E-state index in [-0.39, 0.29) is 22.6 Å². The van der Waals surface area contributed by atoms with Crippen LogP contribution in [0.15, 0.2) is 53.3 Å². The normalized spacial score (nSPS) is 10.6. The monoisotopic (exact) mass is 380 g/mol. The highest BCUT2D eigenvalue weighted by Gasteiger charge is 2.17. The smallest absolute Gasteiger partial charge is 0.290 e. The van der Waals surface area contributed by atoms with Crippen molar-refractivity contribution in [2.24, 2.45) is 0 Å². The summed E-state index contributed by atoms with van der Waals surface area (Å²) in [7, 11) is 0. The van der Waals surface area contributed by atoms with Crippen LogP contribution in [-0.2, 0) is 6.54 Å². The number of hydrogen-bond donors (Lipinski definition) is 3. The molecule has 0 saturated carbocycles. The maximum absolute atomic E-state index is 12.6. The maximum atomic E-state index is 12.6. The lowest BCUT2D eigenvalue weighted by Gasteiger charge is -2.11. The number of phenolic OH excluding ortho intramolecular Hbond substituents is 1. The van der Waals surface area contributed by atoms with Crippen LogP contribution in [0.5, 0.6) is 5.75 Å². The summed E-state index contributed by atoms with van der Waals surface area (Å²) in [5.74, 6) is -1.14. The van der Waals surface area contributed by atoms with E-state index in [2.05, 4.69) is 16.0 Å². The Morgan fingerprint density at radius 2 is 1.64 bits per heavy atom. The number of hydrogen-bond acceptors (Lipinski definition) is 5. The molecule has 3 rings (SSSR count). The number of fused-ring (bicyclic) bond motifs is 1. The van der Waals surface area contributed by atoms with Gasteiger partial charge in [0, 0.05) is 17.5 Å². The molecule has 3 aromatic rings. The average Bonchev–Trinajstić information content (AvgIpc) is 2.72. The Balaban J connectivity index is 1.86. The van der Waals surface area contributed by atoms with Crippen molar-refractivity contribution < 1.29 is 14.7 Å². The van der Waals surface area contributed by atoms with Crippen molar-refractivity contribution in [1.82, 2.24) is 20.6 Å². The lowest BCUT2D eigenvalue weighted by Crippen LogP contribution is -2.42. The third-order valence-electron chi connectivity index (χ3n) is 4.23. The van der Waals surface area contributed by atoms with Gasteiger partial charge in [-0.15, -0.1) is 0 Å². The van der Waals surface area contributed by atoms with E-state index in [1.54, 1.807) is 24.3 Å². The molecule has 0 aliphatic heterocycles. The lowest BCUT2D eigenvalue weighted by atomic mass is 10.1. The number of nitrogens with zero attached hydrogens (tertiary/aromatic N) is 2. The zero-order chi connectivity index (χ0) is 20.1. The Hall–Kier alpha value is -3.68. The molecule has 0 aliphatic rings. The van der Waals surface area contributed by atoms with E-state index in [1.165, 1.54) is 28.9 Å². The maximum Gasteiger partial charge on any atom is 0.290 e. The number of nitrogens with one attached hydrogen (secondary N) is 2. The number of aromatic hydroxyl groups is 1. The van der Waals surface area contributed by atoms with Gasteiger partial charge in [0.25, 0.3) is 17.4 Å². The minimum Gasteiger partial charge on any atom is -0.508 e. The van der Waals surface area contributed by atoms with Gasteiger partial charge >= 0.3 is 0 Å². The fourth-order valence-corrected chi connectivity index (χ4v) is 2.72. The van der Waals surface area contributed by atoms with Crippen molar-refractivity contribution in [3.05, 3.63) is 70.1 Å². The second-order valence-electron chi connectivity index (χ2n) is 6.23. The van der Waals surface area contributed by atoms with Crippen molar-refractivity contribution in [3.63, 3.8) is 0 Å². The van der Waals surface area contributed by atoms with Gasteiger partial charge in [0.15, 0.2) is 5.69 Å². The molecule has 0 unspecified atom stereocenters. The van der Waals surface area contributed by atoms with E-state index in [9.17, 15) is 19.5 Å². The second-order valence-corrected chi connectivity index (χ2v) is 6.23. The van der Waals surface area contributed by atoms with Crippen molar-refractivity contribution in [3.8, 4) is 5.75 Å². The lowest BCUT2D eigenvalue weighted by molar-refractivity contribution is 0.0843. The van der Waals surface area contributed by atoms with Gasteiger partial charge in [-0.05, 0) is 36.8 Å². The molecule has 0 aliphatic carbocycles. The van der Waals surface area contributed by atoms with Gasteiger partial charge in [0.2, 0.25) is 0 Å². The molecule has 0 fully saturated rings. The summed E-state index contributed by atoms with van der Waals surface area (Å²) in [6, 6.07) is 12.3. The molecule has 0 spiro atoms. The average molecular weight is 380 g/mol. The summed E-state index contributed by atoms with van der Waals surface area (Å²) < 4.78 is 1.28. The molecule has 2 amide bonds. The number of benzene rings is 2. The summed E-state index contributed by atoms with van der Waals surface area (Å²) in [6.07, 6.45) is 1.63. The van der Waals surface area contributed by atoms with Gasteiger partial charge in [-0.3, -0.25) is 25.2 Å². The topological polar surface area (TPSA) is 113 Å². The van der Waals surface area contributed by atoms with E-state index in [0.29, 0.717) is 17.3 Å². The van der Waals surface area contributed by atoms with Crippen LogP contribution < -0.4 is 16.4 Å². The van der Waals surface area contributed by atoms with Gasteiger partial charge in [0.1, 0.15) is 5.75 Å². The molecule has 28 heavy (non-hydrogen) atoms. The Bertz CT molecular complexity index is 1070. The fourth-order valence-electron chi connectivity index (χ4n) is 2.72. The van der Waals surface area contributed by atoms with Crippen molar-refractivity contribution in [2.75, 3.05) is 0 Å². The summed E-state index contributed by atoms with van der Waals surface area (Å²) >= 11 is 0. The number of amides is 2. The predicted molar refractivity (Wildman–Crippen MR) is 104 cm³/mol. The number of aryl methyl sites for hydroxylation is 1. The van der Waals surface area contributed by atoms with Crippen LogP contribution >= 0.6 is 0 Å². The van der Waals surface area contributed by atoms with E-state index < -0.39 is 11.8 Å². The second kappa shape index (κ2) is 8.34. The summed E-state index contributed by atoms with van der Waals surface area (Å²) in [6.45, 7) is 2.40. The van der Waals surface area contributed by atoms with Gasteiger partial charge in [-0.1, -0.05) is 31.5 Å². The number of rotatable bonds is 5. The third kappa shape index (κ3) is 4.01. The largest absolute Gasteiger partial charge is 0.508 e. The van der Waals surface area contributed by atoms with Crippen LogP contribution in [0.4, 0.5) is 0 Å². The first kappa shape index (κ1) is 19.1. The molecule has 0 atom stereocenters. The van der Waals surface area contributed by atoms with E-state index >= 15 is 0 Å². The zero-order valence-electron chi connectivity index (χ0n) is 15.3. The zero-order valence-corrected chi connectivity index (χ0v) is 15.3. The minimum absolute atomic E-state index is 0.0330. The Labute approximate surface area is 160 Å². The number of hydrazine groups is 1. The quantitative estimate of drug-likeness (QED) is 0.586. The summed E-state index contributed by atoms with van der Waals surface area (Å²) in [5.41, 5.74) is 4.70. The summed E-state index contributed by atoms with van der Waals surface area (Å²) in [4.78, 5) is 37.3. The number of phenols is 1. The highest BCUT2D eigenvalue weighted by Crippen LogP contribution is 2.13. The molecule has 0 saturated heterocycles. The number of unbranched alkanes of at least 4 members (excludes halogenated alkanes) is 1. The highest BCUT2D eigenvalue weighted by atomic mass is 16.3. The SMILES string of the molecule is CCCCn1nc(C(=O)NNC(=O)c2ccc(O)cc2)c2ccccc2c1=O. The first-order valence-corrected chi connectivity index (χ1v) is 8.91. The Kier molecular flexibility index (Phi) is 5.69. The Morgan fingerprint density at radius 3 is 2.32 bits per heavy atom. The van der Waals surface area contributed by atoms with Crippen LogP contribution in [0.1, 0.15) is 40.6 Å². The first-order valence-electron chi connectivity index (χ1n) is 8.91. The molecule has 1 aromatic heterocycles. The fraction of sp³-hybridized carbons (Fsp3) is 0.200. The summed E-state index contributed by atoms with van der Waals surface area (Å²) in [5, 5.41) is 14.3. The molecule has 8 nitrogen and oxygen atoms in total. The predicted octanol–water partition coefficient (Wildman–Crippen LogP) is 1.98. The number of carbonyl (C=O) groups is 2. The van der Waals surface area contributed by atoms with Crippen LogP contribution in [0, 0.1) is 0 Å². The van der Waals surface area contributed by atoms with E-state index in [1.807, 2.05) is 6.92 Å². The molecule has 144 valence electrons. The standard InChI is InChI=1S/C20H20N4O4/c1-2-3-12-24-20(28)16-7-5-4-6-15(16)17(23-24)19(27)22-21-18(26)13-8-10-14(25)11-9-13/h4-11,25H,2-3,12H2,1H3,(H,21,26)(H,22,27). The number of aromatic nitrogens is 2. The molecule has 0 radical (unpaired) electrons. The van der Waals surface area contributed by atoms with Gasteiger partial charge in [-0.2, -0.15) is 5.10 Å².